The van der Waals surface area contributed by atoms with Gasteiger partial charge in [0.1, 0.15) is 5.60 Å². The summed E-state index contributed by atoms with van der Waals surface area (Å²) in [7, 11) is 1.73. The number of hydrogen-bond acceptors (Lipinski definition) is 4. The molecule has 0 aromatic rings. The second-order valence-corrected chi connectivity index (χ2v) is 7.77. The normalized spacial score (nSPS) is 22.3. The molecule has 1 amide bonds. The lowest BCUT2D eigenvalue weighted by Gasteiger charge is -2.34. The second-order valence-electron chi connectivity index (χ2n) is 7.77. The van der Waals surface area contributed by atoms with Crippen molar-refractivity contribution >= 4 is 6.09 Å². The molecule has 0 aliphatic carbocycles. The van der Waals surface area contributed by atoms with Crippen LogP contribution in [0.4, 0.5) is 4.79 Å². The predicted octanol–water partition coefficient (Wildman–Crippen LogP) is 3.57. The molecular weight excluding hydrogens is 292 g/mol. The van der Waals surface area contributed by atoms with Crippen molar-refractivity contribution in [1.29, 1.82) is 0 Å². The summed E-state index contributed by atoms with van der Waals surface area (Å²) in [5.41, 5.74) is -0.439. The standard InChI is InChI=1S/C18H36N2O3/c1-14(19-13-15(2)22-6)12-16-10-8-7-9-11-20(16)17(21)23-18(3,4)5/h14-16,19H,7-13H2,1-6H3. The van der Waals surface area contributed by atoms with Crippen molar-refractivity contribution < 1.29 is 14.3 Å². The third kappa shape index (κ3) is 8.02. The first kappa shape index (κ1) is 20.2. The van der Waals surface area contributed by atoms with E-state index in [1.165, 1.54) is 12.8 Å². The Morgan fingerprint density at radius 2 is 1.96 bits per heavy atom. The van der Waals surface area contributed by atoms with E-state index in [2.05, 4.69) is 19.2 Å². The van der Waals surface area contributed by atoms with Crippen molar-refractivity contribution in [3.63, 3.8) is 0 Å². The summed E-state index contributed by atoms with van der Waals surface area (Å²) < 4.78 is 10.9. The molecule has 3 atom stereocenters. The predicted molar refractivity (Wildman–Crippen MR) is 93.7 cm³/mol. The van der Waals surface area contributed by atoms with E-state index in [0.717, 1.165) is 32.4 Å². The Labute approximate surface area is 142 Å². The molecule has 0 spiro atoms. The lowest BCUT2D eigenvalue weighted by molar-refractivity contribution is 0.0148. The fourth-order valence-corrected chi connectivity index (χ4v) is 2.93. The van der Waals surface area contributed by atoms with Gasteiger partial charge in [0.15, 0.2) is 0 Å². The van der Waals surface area contributed by atoms with Crippen LogP contribution in [0.25, 0.3) is 0 Å². The van der Waals surface area contributed by atoms with Crippen LogP contribution >= 0.6 is 0 Å². The molecular formula is C18H36N2O3. The highest BCUT2D eigenvalue weighted by molar-refractivity contribution is 5.68. The Morgan fingerprint density at radius 3 is 2.57 bits per heavy atom. The molecule has 3 unspecified atom stereocenters. The summed E-state index contributed by atoms with van der Waals surface area (Å²) >= 11 is 0. The summed E-state index contributed by atoms with van der Waals surface area (Å²) in [6.45, 7) is 11.6. The van der Waals surface area contributed by atoms with Crippen molar-refractivity contribution in [3.8, 4) is 0 Å². The third-order valence-electron chi connectivity index (χ3n) is 4.29. The van der Waals surface area contributed by atoms with Gasteiger partial charge >= 0.3 is 6.09 Å². The molecule has 5 nitrogen and oxygen atoms in total. The molecule has 0 aromatic heterocycles. The SMILES string of the molecule is COC(C)CNC(C)CC1CCCCCN1C(=O)OC(C)(C)C. The molecule has 1 saturated heterocycles. The molecule has 5 heteroatoms. The van der Waals surface area contributed by atoms with Crippen LogP contribution in [-0.2, 0) is 9.47 Å². The number of nitrogens with zero attached hydrogens (tertiary/aromatic N) is 1. The van der Waals surface area contributed by atoms with E-state index in [1.54, 1.807) is 7.11 Å². The zero-order valence-electron chi connectivity index (χ0n) is 15.9. The van der Waals surface area contributed by atoms with Gasteiger partial charge in [-0.1, -0.05) is 12.8 Å². The lowest BCUT2D eigenvalue weighted by Crippen LogP contribution is -2.46. The highest BCUT2D eigenvalue weighted by Gasteiger charge is 2.30. The number of carbonyl (C=O) groups excluding carboxylic acids is 1. The van der Waals surface area contributed by atoms with Gasteiger partial charge < -0.3 is 19.7 Å². The topological polar surface area (TPSA) is 50.8 Å². The van der Waals surface area contributed by atoms with Crippen molar-refractivity contribution in [2.45, 2.75) is 90.5 Å². The molecule has 1 heterocycles. The molecule has 1 rings (SSSR count). The largest absolute Gasteiger partial charge is 0.444 e. The van der Waals surface area contributed by atoms with Gasteiger partial charge in [-0.15, -0.1) is 0 Å². The van der Waals surface area contributed by atoms with Crippen LogP contribution in [0.3, 0.4) is 0 Å². The second kappa shape index (κ2) is 9.48. The number of ether oxygens (including phenoxy) is 2. The Balaban J connectivity index is 2.61. The van der Waals surface area contributed by atoms with Gasteiger partial charge in [0.25, 0.3) is 0 Å². The van der Waals surface area contributed by atoms with E-state index in [1.807, 2.05) is 25.7 Å². The summed E-state index contributed by atoms with van der Waals surface area (Å²) in [4.78, 5) is 14.5. The maximum atomic E-state index is 12.5. The van der Waals surface area contributed by atoms with Crippen LogP contribution in [-0.4, -0.2) is 55.0 Å². The molecule has 1 N–H and O–H groups in total. The maximum absolute atomic E-state index is 12.5. The zero-order chi connectivity index (χ0) is 17.5. The highest BCUT2D eigenvalue weighted by atomic mass is 16.6. The number of carbonyl (C=O) groups is 1. The quantitative estimate of drug-likeness (QED) is 0.810. The molecule has 1 aliphatic heterocycles. The molecule has 23 heavy (non-hydrogen) atoms. The van der Waals surface area contributed by atoms with Gasteiger partial charge in [-0.3, -0.25) is 0 Å². The Bertz CT molecular complexity index is 355. The molecule has 136 valence electrons. The van der Waals surface area contributed by atoms with Gasteiger partial charge in [0, 0.05) is 32.3 Å². The first-order chi connectivity index (χ1) is 10.7. The van der Waals surface area contributed by atoms with E-state index in [9.17, 15) is 4.79 Å². The fraction of sp³-hybridized carbons (Fsp3) is 0.944. The molecule has 0 aromatic carbocycles. The minimum absolute atomic E-state index is 0.165. The maximum Gasteiger partial charge on any atom is 0.410 e. The summed E-state index contributed by atoms with van der Waals surface area (Å²) in [5.74, 6) is 0. The van der Waals surface area contributed by atoms with Crippen LogP contribution in [0, 0.1) is 0 Å². The van der Waals surface area contributed by atoms with E-state index >= 15 is 0 Å². The van der Waals surface area contributed by atoms with Crippen molar-refractivity contribution in [2.75, 3.05) is 20.2 Å². The van der Waals surface area contributed by atoms with E-state index in [4.69, 9.17) is 9.47 Å². The Kier molecular flexibility index (Phi) is 8.34. The molecule has 0 radical (unpaired) electrons. The van der Waals surface area contributed by atoms with Crippen LogP contribution in [0.1, 0.15) is 66.7 Å². The number of rotatable bonds is 6. The first-order valence-corrected chi connectivity index (χ1v) is 8.98. The van der Waals surface area contributed by atoms with Gasteiger partial charge in [0.2, 0.25) is 0 Å². The first-order valence-electron chi connectivity index (χ1n) is 8.98. The number of hydrogen-bond donors (Lipinski definition) is 1. The summed E-state index contributed by atoms with van der Waals surface area (Å²) in [5, 5.41) is 3.50. The van der Waals surface area contributed by atoms with Gasteiger partial charge in [0.05, 0.1) is 6.10 Å². The Morgan fingerprint density at radius 1 is 1.26 bits per heavy atom. The van der Waals surface area contributed by atoms with Crippen LogP contribution < -0.4 is 5.32 Å². The van der Waals surface area contributed by atoms with Crippen molar-refractivity contribution in [2.24, 2.45) is 0 Å². The molecule has 1 aliphatic rings. The number of nitrogens with one attached hydrogen (secondary N) is 1. The van der Waals surface area contributed by atoms with Crippen molar-refractivity contribution in [3.05, 3.63) is 0 Å². The highest BCUT2D eigenvalue weighted by Crippen LogP contribution is 2.23. The van der Waals surface area contributed by atoms with Crippen LogP contribution in [0.2, 0.25) is 0 Å². The van der Waals surface area contributed by atoms with Gasteiger partial charge in [-0.2, -0.15) is 0 Å². The van der Waals surface area contributed by atoms with Crippen molar-refractivity contribution in [1.82, 2.24) is 10.2 Å². The van der Waals surface area contributed by atoms with Gasteiger partial charge in [-0.05, 0) is 53.9 Å². The minimum atomic E-state index is -0.439. The van der Waals surface area contributed by atoms with E-state index < -0.39 is 5.60 Å². The van der Waals surface area contributed by atoms with E-state index in [-0.39, 0.29) is 18.2 Å². The number of likely N-dealkylation sites (tertiary alicyclic amines) is 1. The van der Waals surface area contributed by atoms with Gasteiger partial charge in [-0.25, -0.2) is 4.79 Å². The van der Waals surface area contributed by atoms with Crippen LogP contribution in [0.15, 0.2) is 0 Å². The minimum Gasteiger partial charge on any atom is -0.444 e. The summed E-state index contributed by atoms with van der Waals surface area (Å²) in [6, 6.07) is 0.605. The molecule has 0 bridgehead atoms. The number of methoxy groups -OCH3 is 1. The fourth-order valence-electron chi connectivity index (χ4n) is 2.93. The van der Waals surface area contributed by atoms with Crippen LogP contribution in [0.5, 0.6) is 0 Å². The summed E-state index contributed by atoms with van der Waals surface area (Å²) in [6.07, 6.45) is 5.50. The third-order valence-corrected chi connectivity index (χ3v) is 4.29. The molecule has 0 saturated carbocycles. The average Bonchev–Trinajstić information content (AvgIpc) is 2.68. The average molecular weight is 328 g/mol. The van der Waals surface area contributed by atoms with E-state index in [0.29, 0.717) is 6.04 Å². The number of amides is 1. The molecule has 1 fully saturated rings. The lowest BCUT2D eigenvalue weighted by atomic mass is 10.0. The Hall–Kier alpha value is -0.810. The smallest absolute Gasteiger partial charge is 0.410 e. The monoisotopic (exact) mass is 328 g/mol. The zero-order valence-corrected chi connectivity index (χ0v) is 15.9.